The molecule has 0 spiro atoms. The maximum atomic E-state index is 13.0. The van der Waals surface area contributed by atoms with Gasteiger partial charge in [0.1, 0.15) is 11.6 Å². The number of benzene rings is 1. The Bertz CT molecular complexity index is 728. The van der Waals surface area contributed by atoms with E-state index in [-0.39, 0.29) is 43.9 Å². The van der Waals surface area contributed by atoms with Gasteiger partial charge in [-0.1, -0.05) is 26.0 Å². The summed E-state index contributed by atoms with van der Waals surface area (Å²) in [6.45, 7) is 9.28. The summed E-state index contributed by atoms with van der Waals surface area (Å²) in [6, 6.07) is 5.81. The SMILES string of the molecule is CC(C)C(COCCC(=O)O)NC(=O)C(Cc1ccc(N)cc1)NC(=O)OC(C)(C)C. The fraction of sp³-hybridized carbons (Fsp3) is 0.591. The Labute approximate surface area is 183 Å². The molecule has 2 amide bonds. The van der Waals surface area contributed by atoms with E-state index in [9.17, 15) is 14.4 Å². The molecule has 0 aliphatic carbocycles. The number of nitrogens with two attached hydrogens (primary N) is 1. The van der Waals surface area contributed by atoms with Crippen LogP contribution in [0.2, 0.25) is 0 Å². The highest BCUT2D eigenvalue weighted by atomic mass is 16.6. The molecule has 0 aliphatic heterocycles. The largest absolute Gasteiger partial charge is 0.481 e. The molecule has 0 aliphatic rings. The van der Waals surface area contributed by atoms with Crippen LogP contribution < -0.4 is 16.4 Å². The van der Waals surface area contributed by atoms with Crippen molar-refractivity contribution in [3.8, 4) is 0 Å². The highest BCUT2D eigenvalue weighted by Gasteiger charge is 2.27. The monoisotopic (exact) mass is 437 g/mol. The van der Waals surface area contributed by atoms with Gasteiger partial charge in [0, 0.05) is 12.1 Å². The second-order valence-electron chi connectivity index (χ2n) is 8.72. The molecule has 0 saturated heterocycles. The number of carbonyl (C=O) groups excluding carboxylic acids is 2. The first-order valence-corrected chi connectivity index (χ1v) is 10.3. The minimum absolute atomic E-state index is 0.0347. The van der Waals surface area contributed by atoms with Crippen molar-refractivity contribution in [3.63, 3.8) is 0 Å². The molecule has 0 radical (unpaired) electrons. The average Bonchev–Trinajstić information content (AvgIpc) is 2.63. The lowest BCUT2D eigenvalue weighted by Crippen LogP contribution is -2.53. The summed E-state index contributed by atoms with van der Waals surface area (Å²) in [5.41, 5.74) is 6.44. The lowest BCUT2D eigenvalue weighted by molar-refractivity contribution is -0.138. The van der Waals surface area contributed by atoms with Gasteiger partial charge in [-0.05, 0) is 44.4 Å². The summed E-state index contributed by atoms with van der Waals surface area (Å²) in [4.78, 5) is 35.9. The van der Waals surface area contributed by atoms with E-state index < -0.39 is 23.7 Å². The number of nitrogen functional groups attached to an aromatic ring is 1. The van der Waals surface area contributed by atoms with E-state index in [1.807, 2.05) is 13.8 Å². The van der Waals surface area contributed by atoms with E-state index >= 15 is 0 Å². The molecule has 1 rings (SSSR count). The summed E-state index contributed by atoms with van der Waals surface area (Å²) in [5, 5.41) is 14.3. The van der Waals surface area contributed by atoms with Gasteiger partial charge in [0.25, 0.3) is 0 Å². The number of carboxylic acids is 1. The molecule has 1 aromatic rings. The van der Waals surface area contributed by atoms with Gasteiger partial charge in [0.05, 0.1) is 25.7 Å². The van der Waals surface area contributed by atoms with E-state index in [2.05, 4.69) is 10.6 Å². The second kappa shape index (κ2) is 12.1. The summed E-state index contributed by atoms with van der Waals surface area (Å²) in [7, 11) is 0. The zero-order valence-corrected chi connectivity index (χ0v) is 18.9. The van der Waals surface area contributed by atoms with Crippen LogP contribution >= 0.6 is 0 Å². The molecule has 2 atom stereocenters. The Balaban J connectivity index is 2.87. The van der Waals surface area contributed by atoms with Crippen molar-refractivity contribution in [2.75, 3.05) is 18.9 Å². The maximum Gasteiger partial charge on any atom is 0.408 e. The molecule has 31 heavy (non-hydrogen) atoms. The van der Waals surface area contributed by atoms with Crippen LogP contribution in [0.4, 0.5) is 10.5 Å². The summed E-state index contributed by atoms with van der Waals surface area (Å²) >= 11 is 0. The third-order valence-corrected chi connectivity index (χ3v) is 4.32. The molecule has 1 aromatic carbocycles. The van der Waals surface area contributed by atoms with E-state index in [0.29, 0.717) is 5.69 Å². The van der Waals surface area contributed by atoms with Crippen LogP contribution in [0.3, 0.4) is 0 Å². The molecule has 2 unspecified atom stereocenters. The van der Waals surface area contributed by atoms with Crippen molar-refractivity contribution >= 4 is 23.7 Å². The molecule has 9 nitrogen and oxygen atoms in total. The number of anilines is 1. The maximum absolute atomic E-state index is 13.0. The topological polar surface area (TPSA) is 140 Å². The van der Waals surface area contributed by atoms with Crippen LogP contribution in [-0.2, 0) is 25.5 Å². The van der Waals surface area contributed by atoms with Crippen molar-refractivity contribution in [2.45, 2.75) is 65.1 Å². The predicted molar refractivity (Wildman–Crippen MR) is 118 cm³/mol. The molecular weight excluding hydrogens is 402 g/mol. The number of carboxylic acid groups (broad SMARTS) is 1. The number of aliphatic carboxylic acids is 1. The van der Waals surface area contributed by atoms with Gasteiger partial charge in [-0.25, -0.2) is 4.79 Å². The lowest BCUT2D eigenvalue weighted by atomic mass is 10.0. The van der Waals surface area contributed by atoms with Gasteiger partial charge in [-0.15, -0.1) is 0 Å². The standard InChI is InChI=1S/C22H35N3O6/c1-14(2)18(13-30-11-10-19(26)27)24-20(28)17(25-21(29)31-22(3,4)5)12-15-6-8-16(23)9-7-15/h6-9,14,17-18H,10-13,23H2,1-5H3,(H,24,28)(H,25,29)(H,26,27). The van der Waals surface area contributed by atoms with Gasteiger partial charge in [-0.2, -0.15) is 0 Å². The summed E-state index contributed by atoms with van der Waals surface area (Å²) in [6.07, 6.45) is -0.559. The van der Waals surface area contributed by atoms with Crippen LogP contribution in [0, 0.1) is 5.92 Å². The van der Waals surface area contributed by atoms with Gasteiger partial charge in [-0.3, -0.25) is 9.59 Å². The van der Waals surface area contributed by atoms with Crippen molar-refractivity contribution in [3.05, 3.63) is 29.8 Å². The fourth-order valence-electron chi connectivity index (χ4n) is 2.60. The number of alkyl carbamates (subject to hydrolysis) is 1. The molecule has 0 fully saturated rings. The quantitative estimate of drug-likeness (QED) is 0.308. The first-order valence-electron chi connectivity index (χ1n) is 10.3. The van der Waals surface area contributed by atoms with Crippen LogP contribution in [-0.4, -0.2) is 54.0 Å². The zero-order chi connectivity index (χ0) is 23.6. The Morgan fingerprint density at radius 2 is 1.71 bits per heavy atom. The van der Waals surface area contributed by atoms with Gasteiger partial charge < -0.3 is 30.9 Å². The van der Waals surface area contributed by atoms with Gasteiger partial charge >= 0.3 is 12.1 Å². The minimum atomic E-state index is -0.949. The highest BCUT2D eigenvalue weighted by molar-refractivity contribution is 5.86. The molecule has 174 valence electrons. The zero-order valence-electron chi connectivity index (χ0n) is 18.9. The Morgan fingerprint density at radius 1 is 1.10 bits per heavy atom. The van der Waals surface area contributed by atoms with Crippen molar-refractivity contribution < 1.29 is 29.0 Å². The molecule has 9 heteroatoms. The second-order valence-corrected chi connectivity index (χ2v) is 8.72. The number of amides is 2. The minimum Gasteiger partial charge on any atom is -0.481 e. The lowest BCUT2D eigenvalue weighted by Gasteiger charge is -2.27. The van der Waals surface area contributed by atoms with E-state index in [0.717, 1.165) is 5.56 Å². The Kier molecular flexibility index (Phi) is 10.3. The predicted octanol–water partition coefficient (Wildman–Crippen LogP) is 2.34. The van der Waals surface area contributed by atoms with Crippen LogP contribution in [0.1, 0.15) is 46.6 Å². The third-order valence-electron chi connectivity index (χ3n) is 4.32. The fourth-order valence-corrected chi connectivity index (χ4v) is 2.60. The number of carbonyl (C=O) groups is 3. The average molecular weight is 438 g/mol. The normalized spacial score (nSPS) is 13.4. The summed E-state index contributed by atoms with van der Waals surface area (Å²) in [5.74, 6) is -1.30. The molecule has 0 aromatic heterocycles. The number of rotatable bonds is 11. The van der Waals surface area contributed by atoms with Crippen LogP contribution in [0.25, 0.3) is 0 Å². The first kappa shape index (κ1) is 26.2. The number of hydrogen-bond acceptors (Lipinski definition) is 6. The van der Waals surface area contributed by atoms with Crippen molar-refractivity contribution in [1.29, 1.82) is 0 Å². The van der Waals surface area contributed by atoms with Gasteiger partial charge in [0.15, 0.2) is 0 Å². The van der Waals surface area contributed by atoms with E-state index in [1.54, 1.807) is 45.0 Å². The van der Waals surface area contributed by atoms with Crippen LogP contribution in [0.5, 0.6) is 0 Å². The Morgan fingerprint density at radius 3 is 2.23 bits per heavy atom. The molecule has 0 saturated carbocycles. The van der Waals surface area contributed by atoms with Crippen molar-refractivity contribution in [2.24, 2.45) is 5.92 Å². The summed E-state index contributed by atoms with van der Waals surface area (Å²) < 4.78 is 10.7. The Hall–Kier alpha value is -2.81. The van der Waals surface area contributed by atoms with Crippen LogP contribution in [0.15, 0.2) is 24.3 Å². The molecule has 0 bridgehead atoms. The number of ether oxygens (including phenoxy) is 2. The molecule has 0 heterocycles. The third kappa shape index (κ3) is 11.2. The van der Waals surface area contributed by atoms with E-state index in [4.69, 9.17) is 20.3 Å². The highest BCUT2D eigenvalue weighted by Crippen LogP contribution is 2.11. The smallest absolute Gasteiger partial charge is 0.408 e. The molecular formula is C22H35N3O6. The number of nitrogens with one attached hydrogen (secondary N) is 2. The number of hydrogen-bond donors (Lipinski definition) is 4. The first-order chi connectivity index (χ1) is 14.4. The van der Waals surface area contributed by atoms with Crippen molar-refractivity contribution in [1.82, 2.24) is 10.6 Å². The molecule has 5 N–H and O–H groups in total. The van der Waals surface area contributed by atoms with Gasteiger partial charge in [0.2, 0.25) is 5.91 Å². The van der Waals surface area contributed by atoms with E-state index in [1.165, 1.54) is 0 Å².